The number of nitrogens with zero attached hydrogens (tertiary/aromatic N) is 3. The fourth-order valence-electron chi connectivity index (χ4n) is 5.11. The fraction of sp³-hybridized carbons (Fsp3) is 0.381. The minimum atomic E-state index is -0.632. The Balaban J connectivity index is 1.55. The summed E-state index contributed by atoms with van der Waals surface area (Å²) in [6.07, 6.45) is 2.61. The first-order chi connectivity index (χ1) is 15.4. The minimum Gasteiger partial charge on any atom is -0.369 e. The van der Waals surface area contributed by atoms with Crippen LogP contribution in [0.15, 0.2) is 24.4 Å². The summed E-state index contributed by atoms with van der Waals surface area (Å²) < 4.78 is 14.6. The van der Waals surface area contributed by atoms with Crippen LogP contribution in [-0.2, 0) is 9.59 Å². The normalized spacial score (nSPS) is 28.4. The van der Waals surface area contributed by atoms with Crippen LogP contribution in [0.5, 0.6) is 0 Å². The van der Waals surface area contributed by atoms with Gasteiger partial charge in [-0.15, -0.1) is 11.8 Å². The van der Waals surface area contributed by atoms with E-state index < -0.39 is 17.6 Å². The molecule has 2 heterocycles. The molecule has 9 nitrogen and oxygen atoms in total. The van der Waals surface area contributed by atoms with Crippen LogP contribution in [0.2, 0.25) is 0 Å². The van der Waals surface area contributed by atoms with E-state index in [-0.39, 0.29) is 46.6 Å². The lowest BCUT2D eigenvalue weighted by atomic mass is 9.83. The zero-order valence-corrected chi connectivity index (χ0v) is 17.7. The standard InChI is InChI=1S/C21H20FN7O2S/c22-13-7-25-21-26-11-2-1-9(6-23)14(5-11)27-16(30)8-32-15-4-10-3-12(15)18(17(10)19(24)31)28-20(13)29-21/h1-2,5,7,10,12,15,17-18H,3-4,8H2,(H2,24,31)(H,27,30)(H2,25,26,28,29)/t10-,12-,15-,17+,18-/m1/s1. The van der Waals surface area contributed by atoms with Crippen molar-refractivity contribution >= 4 is 46.7 Å². The summed E-state index contributed by atoms with van der Waals surface area (Å²) in [7, 11) is 0. The Hall–Kier alpha value is -3.39. The van der Waals surface area contributed by atoms with Crippen molar-refractivity contribution in [3.8, 4) is 6.07 Å². The van der Waals surface area contributed by atoms with Crippen LogP contribution in [-0.4, -0.2) is 38.8 Å². The van der Waals surface area contributed by atoms with Crippen molar-refractivity contribution < 1.29 is 14.0 Å². The Kier molecular flexibility index (Phi) is 5.09. The maximum Gasteiger partial charge on any atom is 0.234 e. The highest BCUT2D eigenvalue weighted by molar-refractivity contribution is 8.00. The molecule has 1 aromatic heterocycles. The molecule has 0 saturated heterocycles. The lowest BCUT2D eigenvalue weighted by Gasteiger charge is -2.34. The van der Waals surface area contributed by atoms with Gasteiger partial charge in [0, 0.05) is 17.0 Å². The quantitative estimate of drug-likeness (QED) is 0.514. The number of aromatic nitrogens is 2. The first-order valence-electron chi connectivity index (χ1n) is 10.2. The average molecular weight is 454 g/mol. The molecule has 2 aromatic rings. The Morgan fingerprint density at radius 3 is 2.94 bits per heavy atom. The largest absolute Gasteiger partial charge is 0.369 e. The predicted octanol–water partition coefficient (Wildman–Crippen LogP) is 2.21. The maximum atomic E-state index is 14.6. The van der Waals surface area contributed by atoms with E-state index in [2.05, 4.69) is 32.0 Å². The lowest BCUT2D eigenvalue weighted by molar-refractivity contribution is -0.123. The summed E-state index contributed by atoms with van der Waals surface area (Å²) in [4.78, 5) is 33.1. The van der Waals surface area contributed by atoms with Crippen molar-refractivity contribution in [2.75, 3.05) is 21.7 Å². The maximum absolute atomic E-state index is 14.6. The van der Waals surface area contributed by atoms with Crippen LogP contribution < -0.4 is 21.7 Å². The van der Waals surface area contributed by atoms with E-state index in [4.69, 9.17) is 5.73 Å². The van der Waals surface area contributed by atoms with Gasteiger partial charge in [-0.3, -0.25) is 9.59 Å². The first kappa shape index (κ1) is 20.5. The number of primary amides is 1. The highest BCUT2D eigenvalue weighted by Gasteiger charge is 2.55. The summed E-state index contributed by atoms with van der Waals surface area (Å²) in [5.41, 5.74) is 6.91. The van der Waals surface area contributed by atoms with Crippen molar-refractivity contribution in [1.29, 1.82) is 5.26 Å². The number of halogens is 1. The number of hydrogen-bond acceptors (Lipinski definition) is 8. The summed E-state index contributed by atoms with van der Waals surface area (Å²) in [6, 6.07) is 6.52. The third-order valence-corrected chi connectivity index (χ3v) is 7.82. The Labute approximate surface area is 187 Å². The second kappa shape index (κ2) is 7.94. The van der Waals surface area contributed by atoms with Gasteiger partial charge in [0.2, 0.25) is 17.8 Å². The zero-order chi connectivity index (χ0) is 22.4. The van der Waals surface area contributed by atoms with Gasteiger partial charge in [0.1, 0.15) is 6.07 Å². The molecule has 5 rings (SSSR count). The summed E-state index contributed by atoms with van der Waals surface area (Å²) >= 11 is 1.51. The van der Waals surface area contributed by atoms with Crippen molar-refractivity contribution in [2.24, 2.45) is 23.5 Å². The molecule has 2 saturated carbocycles. The van der Waals surface area contributed by atoms with Gasteiger partial charge in [0.25, 0.3) is 0 Å². The number of thioether (sulfide) groups is 1. The van der Waals surface area contributed by atoms with E-state index in [0.717, 1.165) is 19.0 Å². The number of carbonyl (C=O) groups excluding carboxylic acids is 2. The van der Waals surface area contributed by atoms with Gasteiger partial charge in [0.05, 0.1) is 29.1 Å². The predicted molar refractivity (Wildman–Crippen MR) is 118 cm³/mol. The van der Waals surface area contributed by atoms with Crippen LogP contribution in [0.25, 0.3) is 0 Å². The molecule has 1 aromatic carbocycles. The summed E-state index contributed by atoms with van der Waals surface area (Å²) in [6.45, 7) is 0. The molecule has 3 aliphatic rings. The highest BCUT2D eigenvalue weighted by atomic mass is 32.2. The smallest absolute Gasteiger partial charge is 0.234 e. The van der Waals surface area contributed by atoms with Crippen molar-refractivity contribution in [3.05, 3.63) is 35.8 Å². The second-order valence-corrected chi connectivity index (χ2v) is 9.51. The molecule has 2 aliphatic carbocycles. The second-order valence-electron chi connectivity index (χ2n) is 8.28. The molecular formula is C21H20FN7O2S. The fourth-order valence-corrected chi connectivity index (χ4v) is 6.46. The average Bonchev–Trinajstić information content (AvgIpc) is 3.32. The molecule has 2 fully saturated rings. The topological polar surface area (TPSA) is 146 Å². The molecule has 0 unspecified atom stereocenters. The van der Waals surface area contributed by atoms with Crippen LogP contribution >= 0.6 is 11.8 Å². The Morgan fingerprint density at radius 2 is 2.16 bits per heavy atom. The van der Waals surface area contributed by atoms with Crippen LogP contribution in [0.4, 0.5) is 27.5 Å². The van der Waals surface area contributed by atoms with Gasteiger partial charge in [-0.05, 0) is 42.9 Å². The number of nitriles is 1. The minimum absolute atomic E-state index is 0.00649. The number of hydrogen-bond donors (Lipinski definition) is 4. The van der Waals surface area contributed by atoms with Gasteiger partial charge < -0.3 is 21.7 Å². The number of nitrogens with one attached hydrogen (secondary N) is 3. The van der Waals surface area contributed by atoms with Gasteiger partial charge >= 0.3 is 0 Å². The SMILES string of the molecule is N#Cc1ccc2cc1NC(=O)CS[C@@H]1C[C@H]3C[C@H]1[C@@H](Nc1nc(ncc1F)N2)[C@H]3C(N)=O. The third kappa shape index (κ3) is 3.60. The van der Waals surface area contributed by atoms with E-state index in [1.807, 2.05) is 0 Å². The lowest BCUT2D eigenvalue weighted by Crippen LogP contribution is -2.46. The number of benzene rings is 1. The molecule has 0 radical (unpaired) electrons. The van der Waals surface area contributed by atoms with Crippen molar-refractivity contribution in [1.82, 2.24) is 9.97 Å². The molecule has 2 amide bonds. The van der Waals surface area contributed by atoms with Gasteiger partial charge in [0.15, 0.2) is 11.6 Å². The third-order valence-electron chi connectivity index (χ3n) is 6.42. The van der Waals surface area contributed by atoms with E-state index >= 15 is 0 Å². The van der Waals surface area contributed by atoms with Crippen LogP contribution in [0, 0.1) is 34.9 Å². The molecule has 1 aliphatic heterocycles. The van der Waals surface area contributed by atoms with Crippen molar-refractivity contribution in [2.45, 2.75) is 24.1 Å². The van der Waals surface area contributed by atoms with Gasteiger partial charge in [-0.2, -0.15) is 10.2 Å². The van der Waals surface area contributed by atoms with E-state index in [9.17, 15) is 19.2 Å². The zero-order valence-electron chi connectivity index (χ0n) is 16.8. The van der Waals surface area contributed by atoms with Crippen molar-refractivity contribution in [3.63, 3.8) is 0 Å². The van der Waals surface area contributed by atoms with E-state index in [1.54, 1.807) is 18.2 Å². The number of carbonyl (C=O) groups is 2. The summed E-state index contributed by atoms with van der Waals surface area (Å²) in [5, 5.41) is 18.4. The number of anilines is 4. The molecule has 0 spiro atoms. The molecule has 6 bridgehead atoms. The van der Waals surface area contributed by atoms with Gasteiger partial charge in [-0.1, -0.05) is 0 Å². The molecule has 32 heavy (non-hydrogen) atoms. The van der Waals surface area contributed by atoms with Crippen LogP contribution in [0.1, 0.15) is 18.4 Å². The van der Waals surface area contributed by atoms with E-state index in [1.165, 1.54) is 11.8 Å². The number of rotatable bonds is 1. The van der Waals surface area contributed by atoms with Crippen LogP contribution in [0.3, 0.4) is 0 Å². The van der Waals surface area contributed by atoms with Gasteiger partial charge in [-0.25, -0.2) is 9.37 Å². The monoisotopic (exact) mass is 453 g/mol. The number of nitrogens with two attached hydrogens (primary N) is 1. The van der Waals surface area contributed by atoms with E-state index in [0.29, 0.717) is 16.9 Å². The Morgan fingerprint density at radius 1 is 1.31 bits per heavy atom. The first-order valence-corrected chi connectivity index (χ1v) is 11.3. The molecule has 11 heteroatoms. The number of fused-ring (bicyclic) bond motifs is 5. The summed E-state index contributed by atoms with van der Waals surface area (Å²) in [5.74, 6) is -1.25. The number of amides is 2. The molecular weight excluding hydrogens is 433 g/mol. The molecule has 164 valence electrons. The molecule has 5 atom stereocenters. The Bertz CT molecular complexity index is 1150. The molecule has 5 N–H and O–H groups in total. The highest BCUT2D eigenvalue weighted by Crippen LogP contribution is 2.53.